The van der Waals surface area contributed by atoms with Crippen LogP contribution >= 0.6 is 0 Å². The van der Waals surface area contributed by atoms with Gasteiger partial charge in [-0.05, 0) is 80.2 Å². The average Bonchev–Trinajstić information content (AvgIpc) is 2.97. The van der Waals surface area contributed by atoms with Crippen LogP contribution in [0.1, 0.15) is 59.1 Å². The molecule has 2 aromatic rings. The summed E-state index contributed by atoms with van der Waals surface area (Å²) in [5, 5.41) is 29.0. The monoisotopic (exact) mass is 618 g/mol. The number of rotatable bonds is 15. The fourth-order valence-electron chi connectivity index (χ4n) is 3.45. The highest BCUT2D eigenvalue weighted by atomic mass is 16.6. The van der Waals surface area contributed by atoms with E-state index >= 15 is 0 Å². The van der Waals surface area contributed by atoms with E-state index in [1.807, 2.05) is 12.1 Å². The average molecular weight is 619 g/mol. The number of ether oxygens (including phenoxy) is 5. The molecule has 240 valence electrons. The summed E-state index contributed by atoms with van der Waals surface area (Å²) in [6, 6.07) is 17.0. The molecule has 0 saturated heterocycles. The maximum Gasteiger partial charge on any atom is 0.349 e. The van der Waals surface area contributed by atoms with Gasteiger partial charge in [-0.25, -0.2) is 9.59 Å². The molecule has 0 radical (unpaired) electrons. The van der Waals surface area contributed by atoms with Gasteiger partial charge in [0.15, 0.2) is 0 Å². The summed E-state index contributed by atoms with van der Waals surface area (Å²) in [6.07, 6.45) is 2.81. The first-order chi connectivity index (χ1) is 21.2. The summed E-state index contributed by atoms with van der Waals surface area (Å²) in [4.78, 5) is 24.4. The van der Waals surface area contributed by atoms with Crippen LogP contribution in [-0.4, -0.2) is 61.8 Å². The number of carbonyl (C=O) groups excluding carboxylic acids is 2. The van der Waals surface area contributed by atoms with Crippen LogP contribution in [0, 0.1) is 28.1 Å². The molecule has 0 amide bonds. The first-order valence-electron chi connectivity index (χ1n) is 14.5. The molecule has 0 spiro atoms. The molecule has 2 aromatic carbocycles. The summed E-state index contributed by atoms with van der Waals surface area (Å²) in [5.41, 5.74) is 0.413. The Kier molecular flexibility index (Phi) is 14.3. The molecule has 0 heterocycles. The number of hydrogen-bond acceptors (Lipinski definition) is 10. The van der Waals surface area contributed by atoms with Crippen molar-refractivity contribution in [2.24, 2.45) is 5.41 Å². The first kappa shape index (κ1) is 36.6. The minimum absolute atomic E-state index is 0.0351. The molecule has 45 heavy (non-hydrogen) atoms. The molecule has 1 unspecified atom stereocenters. The lowest BCUT2D eigenvalue weighted by molar-refractivity contribution is -0.149. The van der Waals surface area contributed by atoms with E-state index in [0.29, 0.717) is 29.2 Å². The zero-order valence-electron chi connectivity index (χ0n) is 26.8. The van der Waals surface area contributed by atoms with E-state index in [-0.39, 0.29) is 43.0 Å². The van der Waals surface area contributed by atoms with Crippen molar-refractivity contribution in [2.75, 3.05) is 33.0 Å². The zero-order valence-corrected chi connectivity index (χ0v) is 26.8. The topological polar surface area (TPSA) is 148 Å². The van der Waals surface area contributed by atoms with Crippen LogP contribution in [0.25, 0.3) is 12.2 Å². The van der Waals surface area contributed by atoms with Gasteiger partial charge in [0.25, 0.3) is 0 Å². The summed E-state index contributed by atoms with van der Waals surface area (Å²) >= 11 is 0. The molecule has 10 nitrogen and oxygen atoms in total. The predicted molar refractivity (Wildman–Crippen MR) is 169 cm³/mol. The van der Waals surface area contributed by atoms with Crippen LogP contribution in [0.4, 0.5) is 0 Å². The largest absolute Gasteiger partial charge is 0.491 e. The number of aliphatic hydroxyl groups is 1. The van der Waals surface area contributed by atoms with E-state index in [4.69, 9.17) is 23.7 Å². The number of esters is 2. The molecule has 0 fully saturated rings. The minimum atomic E-state index is -0.932. The fourth-order valence-corrected chi connectivity index (χ4v) is 3.45. The third kappa shape index (κ3) is 15.1. The number of benzene rings is 2. The van der Waals surface area contributed by atoms with Gasteiger partial charge in [-0.3, -0.25) is 0 Å². The van der Waals surface area contributed by atoms with E-state index in [9.17, 15) is 25.2 Å². The maximum absolute atomic E-state index is 12.3. The summed E-state index contributed by atoms with van der Waals surface area (Å²) in [7, 11) is 0. The minimum Gasteiger partial charge on any atom is -0.491 e. The number of nitriles is 2. The van der Waals surface area contributed by atoms with Crippen LogP contribution in [0.3, 0.4) is 0 Å². The van der Waals surface area contributed by atoms with Crippen molar-refractivity contribution in [3.05, 3.63) is 70.8 Å². The fraction of sp³-hybridized carbons (Fsp3) is 0.429. The van der Waals surface area contributed by atoms with Crippen molar-refractivity contribution in [1.82, 2.24) is 0 Å². The third-order valence-electron chi connectivity index (χ3n) is 5.80. The number of hydrogen-bond donors (Lipinski definition) is 1. The Morgan fingerprint density at radius 3 is 1.64 bits per heavy atom. The number of aliphatic hydroxyl groups excluding tert-OH is 1. The molecule has 0 bridgehead atoms. The van der Waals surface area contributed by atoms with Gasteiger partial charge >= 0.3 is 11.9 Å². The van der Waals surface area contributed by atoms with Crippen molar-refractivity contribution >= 4 is 24.1 Å². The Bertz CT molecular complexity index is 1400. The van der Waals surface area contributed by atoms with Crippen molar-refractivity contribution in [3.8, 4) is 23.6 Å². The van der Waals surface area contributed by atoms with Gasteiger partial charge in [-0.1, -0.05) is 45.0 Å². The van der Waals surface area contributed by atoms with Crippen LogP contribution in [-0.2, 0) is 23.8 Å². The van der Waals surface area contributed by atoms with Crippen LogP contribution in [0.5, 0.6) is 11.5 Å². The predicted octanol–water partition coefficient (Wildman–Crippen LogP) is 5.66. The van der Waals surface area contributed by atoms with Crippen molar-refractivity contribution in [2.45, 2.75) is 59.7 Å². The molecule has 0 aliphatic carbocycles. The maximum atomic E-state index is 12.3. The van der Waals surface area contributed by atoms with Crippen LogP contribution < -0.4 is 9.47 Å². The second-order valence-electron chi connectivity index (χ2n) is 12.3. The van der Waals surface area contributed by atoms with Crippen LogP contribution in [0.15, 0.2) is 59.7 Å². The molecular weight excluding hydrogens is 576 g/mol. The summed E-state index contributed by atoms with van der Waals surface area (Å²) in [6.45, 7) is 12.3. The Balaban J connectivity index is 1.79. The normalized spacial score (nSPS) is 12.8. The highest BCUT2D eigenvalue weighted by molar-refractivity contribution is 5.98. The second-order valence-corrected chi connectivity index (χ2v) is 12.3. The molecule has 0 aliphatic rings. The van der Waals surface area contributed by atoms with E-state index < -0.39 is 23.6 Å². The Morgan fingerprint density at radius 1 is 0.756 bits per heavy atom. The van der Waals surface area contributed by atoms with E-state index in [1.54, 1.807) is 69.3 Å². The number of carbonyl (C=O) groups is 2. The molecular formula is C35H42N2O8. The Labute approximate surface area is 265 Å². The Hall–Kier alpha value is -4.64. The van der Waals surface area contributed by atoms with Crippen molar-refractivity contribution in [3.63, 3.8) is 0 Å². The molecule has 1 N–H and O–H groups in total. The van der Waals surface area contributed by atoms with E-state index in [0.717, 1.165) is 6.42 Å². The first-order valence-corrected chi connectivity index (χ1v) is 14.5. The van der Waals surface area contributed by atoms with Gasteiger partial charge in [-0.15, -0.1) is 0 Å². The lowest BCUT2D eigenvalue weighted by Gasteiger charge is -2.18. The van der Waals surface area contributed by atoms with E-state index in [1.165, 1.54) is 12.2 Å². The molecule has 2 rings (SSSR count). The van der Waals surface area contributed by atoms with Crippen LogP contribution in [0.2, 0.25) is 0 Å². The van der Waals surface area contributed by atoms with Crippen molar-refractivity contribution < 1.29 is 38.4 Å². The lowest BCUT2D eigenvalue weighted by Crippen LogP contribution is -2.25. The third-order valence-corrected chi connectivity index (χ3v) is 5.80. The lowest BCUT2D eigenvalue weighted by atomic mass is 9.93. The highest BCUT2D eigenvalue weighted by Crippen LogP contribution is 2.19. The SMILES string of the molecule is CC(C)(C)CCOCCOC(=O)/C(C#N)=C/c1ccc(OCC(O)COc2ccc(/C=C(\C#N)C(=O)OC(C)(C)C)cc2)cc1. The second kappa shape index (κ2) is 17.6. The van der Waals surface area contributed by atoms with Gasteiger partial charge in [-0.2, -0.15) is 10.5 Å². The van der Waals surface area contributed by atoms with E-state index in [2.05, 4.69) is 20.8 Å². The van der Waals surface area contributed by atoms with Gasteiger partial charge in [0, 0.05) is 6.61 Å². The van der Waals surface area contributed by atoms with Gasteiger partial charge in [0.05, 0.1) is 6.61 Å². The zero-order chi connectivity index (χ0) is 33.5. The van der Waals surface area contributed by atoms with Gasteiger partial charge in [0.2, 0.25) is 0 Å². The molecule has 0 saturated carbocycles. The molecule has 10 heteroatoms. The summed E-state index contributed by atoms with van der Waals surface area (Å²) < 4.78 is 27.1. The van der Waals surface area contributed by atoms with Gasteiger partial charge < -0.3 is 28.8 Å². The quantitative estimate of drug-likeness (QED) is 0.115. The highest BCUT2D eigenvalue weighted by Gasteiger charge is 2.20. The summed E-state index contributed by atoms with van der Waals surface area (Å²) in [5.74, 6) is -0.457. The Morgan fingerprint density at radius 2 is 1.22 bits per heavy atom. The van der Waals surface area contributed by atoms with Gasteiger partial charge in [0.1, 0.15) is 66.3 Å². The molecule has 0 aromatic heterocycles. The smallest absolute Gasteiger partial charge is 0.349 e. The van der Waals surface area contributed by atoms with Crippen molar-refractivity contribution in [1.29, 1.82) is 10.5 Å². The number of nitrogens with zero attached hydrogens (tertiary/aromatic N) is 2. The molecule has 0 aliphatic heterocycles. The standard InChI is InChI=1S/C35H42N2O8/c1-34(2,3)15-16-41-17-18-42-32(39)27(21-36)19-25-7-11-30(12-8-25)43-23-29(38)24-44-31-13-9-26(10-14-31)20-28(22-37)33(40)45-35(4,5)6/h7-14,19-20,29,38H,15-18,23-24H2,1-6H3/b27-19+,28-20+. The molecule has 1 atom stereocenters.